The number of benzene rings is 1. The largest absolute Gasteiger partial charge is 0.438 e. The first-order valence-corrected chi connectivity index (χ1v) is 7.30. The molecule has 3 N–H and O–H groups in total. The highest BCUT2D eigenvalue weighted by molar-refractivity contribution is 6.42. The molecule has 1 aromatic carbocycles. The maximum absolute atomic E-state index is 7.69. The molecule has 0 atom stereocenters. The fourth-order valence-electron chi connectivity index (χ4n) is 2.38. The summed E-state index contributed by atoms with van der Waals surface area (Å²) in [5.41, 5.74) is 8.28. The highest BCUT2D eigenvalue weighted by atomic mass is 35.5. The molecule has 1 aliphatic carbocycles. The van der Waals surface area contributed by atoms with Gasteiger partial charge in [0.25, 0.3) is 0 Å². The minimum absolute atomic E-state index is 0.0627. The lowest BCUT2D eigenvalue weighted by Crippen LogP contribution is -2.14. The molecule has 0 saturated carbocycles. The Hall–Kier alpha value is -1.78. The van der Waals surface area contributed by atoms with Crippen LogP contribution in [0.1, 0.15) is 23.2 Å². The monoisotopic (exact) mass is 321 g/mol. The highest BCUT2D eigenvalue weighted by Crippen LogP contribution is 2.32. The molecule has 2 aromatic rings. The van der Waals surface area contributed by atoms with E-state index in [2.05, 4.69) is 4.98 Å². The van der Waals surface area contributed by atoms with Crippen LogP contribution in [0.4, 0.5) is 0 Å². The van der Waals surface area contributed by atoms with Crippen molar-refractivity contribution in [3.63, 3.8) is 0 Å². The second-order valence-electron chi connectivity index (χ2n) is 4.89. The van der Waals surface area contributed by atoms with Crippen molar-refractivity contribution in [2.75, 3.05) is 0 Å². The number of hydrogen-bond donors (Lipinski definition) is 2. The Kier molecular flexibility index (Phi) is 3.74. The van der Waals surface area contributed by atoms with Gasteiger partial charge in [0, 0.05) is 11.8 Å². The smallest absolute Gasteiger partial charge is 0.230 e. The molecule has 108 valence electrons. The molecular weight excluding hydrogens is 309 g/mol. The van der Waals surface area contributed by atoms with Crippen LogP contribution in [0.25, 0.3) is 0 Å². The minimum atomic E-state index is -0.0627. The van der Waals surface area contributed by atoms with Crippen molar-refractivity contribution in [2.45, 2.75) is 19.3 Å². The van der Waals surface area contributed by atoms with Gasteiger partial charge in [-0.25, -0.2) is 4.98 Å². The third-order valence-corrected chi connectivity index (χ3v) is 4.15. The first kappa shape index (κ1) is 14.2. The molecule has 0 unspecified atom stereocenters. The summed E-state index contributed by atoms with van der Waals surface area (Å²) in [7, 11) is 0. The Morgan fingerprint density at radius 3 is 2.71 bits per heavy atom. The van der Waals surface area contributed by atoms with Gasteiger partial charge in [0.1, 0.15) is 11.6 Å². The fraction of sp³-hybridized carbons (Fsp3) is 0.200. The van der Waals surface area contributed by atoms with Gasteiger partial charge in [0.2, 0.25) is 5.88 Å². The number of halogens is 2. The summed E-state index contributed by atoms with van der Waals surface area (Å²) in [4.78, 5) is 4.50. The maximum atomic E-state index is 7.69. The molecule has 3 rings (SSSR count). The van der Waals surface area contributed by atoms with Gasteiger partial charge in [-0.3, -0.25) is 5.41 Å². The lowest BCUT2D eigenvalue weighted by Gasteiger charge is -2.12. The van der Waals surface area contributed by atoms with E-state index in [9.17, 15) is 0 Å². The van der Waals surface area contributed by atoms with E-state index in [4.69, 9.17) is 39.1 Å². The van der Waals surface area contributed by atoms with Gasteiger partial charge >= 0.3 is 0 Å². The average Bonchev–Trinajstić information content (AvgIpc) is 2.89. The number of nitrogen functional groups attached to an aromatic ring is 1. The van der Waals surface area contributed by atoms with E-state index in [-0.39, 0.29) is 5.84 Å². The molecule has 0 radical (unpaired) electrons. The Labute approximate surface area is 132 Å². The maximum Gasteiger partial charge on any atom is 0.230 e. The second-order valence-corrected chi connectivity index (χ2v) is 5.71. The number of rotatable bonds is 3. The van der Waals surface area contributed by atoms with Crippen molar-refractivity contribution in [1.82, 2.24) is 4.98 Å². The van der Waals surface area contributed by atoms with E-state index in [0.717, 1.165) is 30.5 Å². The topological polar surface area (TPSA) is 72.0 Å². The van der Waals surface area contributed by atoms with Gasteiger partial charge in [0.15, 0.2) is 0 Å². The predicted octanol–water partition coefficient (Wildman–Crippen LogP) is 3.95. The van der Waals surface area contributed by atoms with Gasteiger partial charge in [0.05, 0.1) is 15.6 Å². The van der Waals surface area contributed by atoms with E-state index >= 15 is 0 Å². The van der Waals surface area contributed by atoms with Crippen molar-refractivity contribution in [2.24, 2.45) is 5.73 Å². The van der Waals surface area contributed by atoms with Crippen LogP contribution >= 0.6 is 23.2 Å². The summed E-state index contributed by atoms with van der Waals surface area (Å²) < 4.78 is 5.76. The fourth-order valence-corrected chi connectivity index (χ4v) is 2.66. The molecular formula is C15H13Cl2N3O. The van der Waals surface area contributed by atoms with Crippen LogP contribution in [0.2, 0.25) is 10.0 Å². The first-order chi connectivity index (χ1) is 10.0. The molecule has 1 aromatic heterocycles. The number of ether oxygens (including phenoxy) is 1. The van der Waals surface area contributed by atoms with Gasteiger partial charge in [-0.15, -0.1) is 0 Å². The number of hydrogen-bond acceptors (Lipinski definition) is 3. The summed E-state index contributed by atoms with van der Waals surface area (Å²) in [5.74, 6) is 0.783. The number of amidine groups is 1. The number of nitrogens with two attached hydrogens (primary N) is 1. The Bertz CT molecular complexity index is 731. The van der Waals surface area contributed by atoms with Crippen LogP contribution in [0.5, 0.6) is 11.6 Å². The minimum Gasteiger partial charge on any atom is -0.438 e. The van der Waals surface area contributed by atoms with Gasteiger partial charge in [-0.05, 0) is 43.0 Å². The zero-order valence-corrected chi connectivity index (χ0v) is 12.6. The summed E-state index contributed by atoms with van der Waals surface area (Å²) in [6.45, 7) is 0. The van der Waals surface area contributed by atoms with Gasteiger partial charge in [-0.2, -0.15) is 0 Å². The van der Waals surface area contributed by atoms with E-state index in [1.807, 2.05) is 6.07 Å². The summed E-state index contributed by atoms with van der Waals surface area (Å²) in [6, 6.07) is 6.86. The number of nitrogens with one attached hydrogen (secondary N) is 1. The molecule has 1 aliphatic rings. The van der Waals surface area contributed by atoms with Gasteiger partial charge < -0.3 is 10.5 Å². The van der Waals surface area contributed by atoms with Crippen LogP contribution in [0, 0.1) is 5.41 Å². The average molecular weight is 322 g/mol. The summed E-state index contributed by atoms with van der Waals surface area (Å²) in [5, 5.41) is 8.55. The van der Waals surface area contributed by atoms with E-state index in [1.165, 1.54) is 0 Å². The Morgan fingerprint density at radius 2 is 2.00 bits per heavy atom. The first-order valence-electron chi connectivity index (χ1n) is 6.54. The molecule has 0 aliphatic heterocycles. The van der Waals surface area contributed by atoms with Crippen LogP contribution < -0.4 is 10.5 Å². The van der Waals surface area contributed by atoms with Crippen LogP contribution in [-0.4, -0.2) is 10.8 Å². The number of fused-ring (bicyclic) bond motifs is 1. The van der Waals surface area contributed by atoms with Crippen LogP contribution in [0.15, 0.2) is 24.3 Å². The van der Waals surface area contributed by atoms with Crippen molar-refractivity contribution in [3.8, 4) is 11.6 Å². The molecule has 21 heavy (non-hydrogen) atoms. The molecule has 4 nitrogen and oxygen atoms in total. The number of nitrogens with zero attached hydrogens (tertiary/aromatic N) is 1. The zero-order valence-electron chi connectivity index (χ0n) is 11.1. The van der Waals surface area contributed by atoms with Gasteiger partial charge in [-0.1, -0.05) is 23.2 Å². The molecule has 6 heteroatoms. The van der Waals surface area contributed by atoms with Crippen molar-refractivity contribution in [3.05, 3.63) is 51.1 Å². The molecule has 0 amide bonds. The van der Waals surface area contributed by atoms with E-state index in [1.54, 1.807) is 18.2 Å². The summed E-state index contributed by atoms with van der Waals surface area (Å²) >= 11 is 11.9. The van der Waals surface area contributed by atoms with Crippen LogP contribution in [0.3, 0.4) is 0 Å². The molecule has 0 bridgehead atoms. The lowest BCUT2D eigenvalue weighted by atomic mass is 10.1. The Balaban J connectivity index is 2.01. The molecule has 0 fully saturated rings. The van der Waals surface area contributed by atoms with Crippen molar-refractivity contribution in [1.29, 1.82) is 5.41 Å². The standard InChI is InChI=1S/C15H13Cl2N3O/c16-11-5-4-9(7-12(11)17)21-15-10(14(18)19)6-8-2-1-3-13(8)20-15/h4-7H,1-3H2,(H3,18,19). The molecule has 0 saturated heterocycles. The second kappa shape index (κ2) is 5.54. The van der Waals surface area contributed by atoms with E-state index < -0.39 is 0 Å². The zero-order chi connectivity index (χ0) is 15.0. The molecule has 0 spiro atoms. The number of pyridine rings is 1. The number of aromatic nitrogens is 1. The third kappa shape index (κ3) is 2.82. The van der Waals surface area contributed by atoms with E-state index in [0.29, 0.717) is 27.2 Å². The highest BCUT2D eigenvalue weighted by Gasteiger charge is 2.19. The predicted molar refractivity (Wildman–Crippen MR) is 83.8 cm³/mol. The normalized spacial score (nSPS) is 13.0. The van der Waals surface area contributed by atoms with Crippen LogP contribution in [-0.2, 0) is 12.8 Å². The SMILES string of the molecule is N=C(N)c1cc2c(nc1Oc1ccc(Cl)c(Cl)c1)CCC2. The number of aryl methyl sites for hydroxylation is 2. The Morgan fingerprint density at radius 1 is 1.19 bits per heavy atom. The molecule has 1 heterocycles. The quantitative estimate of drug-likeness (QED) is 0.664. The lowest BCUT2D eigenvalue weighted by molar-refractivity contribution is 0.460. The van der Waals surface area contributed by atoms with Crippen molar-refractivity contribution >= 4 is 29.0 Å². The summed E-state index contributed by atoms with van der Waals surface area (Å²) in [6.07, 6.45) is 2.96. The third-order valence-electron chi connectivity index (χ3n) is 3.41. The van der Waals surface area contributed by atoms with Crippen molar-refractivity contribution < 1.29 is 4.74 Å².